The highest BCUT2D eigenvalue weighted by atomic mass is 16.5. The van der Waals surface area contributed by atoms with E-state index in [-0.39, 0.29) is 0 Å². The van der Waals surface area contributed by atoms with Gasteiger partial charge in [0, 0.05) is 12.0 Å². The van der Waals surface area contributed by atoms with Gasteiger partial charge in [-0.15, -0.1) is 0 Å². The van der Waals surface area contributed by atoms with Crippen LogP contribution in [0.1, 0.15) is 25.3 Å². The van der Waals surface area contributed by atoms with Crippen LogP contribution in [0, 0.1) is 11.3 Å². The quantitative estimate of drug-likeness (QED) is 0.363. The van der Waals surface area contributed by atoms with Crippen molar-refractivity contribution in [3.8, 4) is 17.6 Å². The molecule has 0 aliphatic rings. The lowest BCUT2D eigenvalue weighted by Crippen LogP contribution is -2.01. The van der Waals surface area contributed by atoms with Crippen molar-refractivity contribution in [3.63, 3.8) is 0 Å². The van der Waals surface area contributed by atoms with E-state index in [0.29, 0.717) is 36.7 Å². The Morgan fingerprint density at radius 2 is 2.22 bits per heavy atom. The molecule has 0 atom stereocenters. The van der Waals surface area contributed by atoms with Crippen LogP contribution in [0.5, 0.6) is 11.5 Å². The molecule has 0 heterocycles. The molecule has 0 spiro atoms. The van der Waals surface area contributed by atoms with Crippen LogP contribution in [0.3, 0.4) is 0 Å². The lowest BCUT2D eigenvalue weighted by atomic mass is 10.1. The Morgan fingerprint density at radius 3 is 2.83 bits per heavy atom. The summed E-state index contributed by atoms with van der Waals surface area (Å²) in [6.45, 7) is 2.17. The normalized spacial score (nSPS) is 10.8. The van der Waals surface area contributed by atoms with E-state index < -0.39 is 0 Å². The zero-order valence-electron chi connectivity index (χ0n) is 10.5. The van der Waals surface area contributed by atoms with Crippen molar-refractivity contribution in [3.05, 3.63) is 23.8 Å². The molecule has 0 radical (unpaired) electrons. The van der Waals surface area contributed by atoms with E-state index in [1.54, 1.807) is 32.2 Å². The second kappa shape index (κ2) is 7.17. The molecule has 0 amide bonds. The fourth-order valence-corrected chi connectivity index (χ4v) is 1.40. The molecule has 1 N–H and O–H groups in total. The molecule has 0 saturated heterocycles. The highest BCUT2D eigenvalue weighted by Gasteiger charge is 2.07. The van der Waals surface area contributed by atoms with E-state index >= 15 is 0 Å². The van der Waals surface area contributed by atoms with Gasteiger partial charge in [0.25, 0.3) is 0 Å². The molecule has 0 aliphatic heterocycles. The largest absolute Gasteiger partial charge is 0.493 e. The number of unbranched alkanes of at least 4 members (excludes halogenated alkanes) is 1. The Kier molecular flexibility index (Phi) is 5.52. The van der Waals surface area contributed by atoms with Crippen LogP contribution in [-0.4, -0.2) is 24.6 Å². The summed E-state index contributed by atoms with van der Waals surface area (Å²) in [4.78, 5) is 0. The molecule has 0 aliphatic carbocycles. The van der Waals surface area contributed by atoms with Gasteiger partial charge in [0.05, 0.1) is 25.5 Å². The molecule has 1 aromatic carbocycles. The third-order valence-corrected chi connectivity index (χ3v) is 2.42. The summed E-state index contributed by atoms with van der Waals surface area (Å²) < 4.78 is 10.7. The van der Waals surface area contributed by atoms with Gasteiger partial charge in [-0.3, -0.25) is 0 Å². The molecule has 96 valence electrons. The van der Waals surface area contributed by atoms with E-state index in [1.165, 1.54) is 0 Å². The fraction of sp³-hybridized carbons (Fsp3) is 0.385. The average Bonchev–Trinajstić information content (AvgIpc) is 2.42. The minimum absolute atomic E-state index is 0.469. The molecule has 5 heteroatoms. The van der Waals surface area contributed by atoms with Crippen LogP contribution in [-0.2, 0) is 0 Å². The highest BCUT2D eigenvalue weighted by molar-refractivity contribution is 5.98. The smallest absolute Gasteiger partial charge is 0.161 e. The molecule has 1 aromatic rings. The lowest BCUT2D eigenvalue weighted by molar-refractivity contribution is 0.290. The Labute approximate surface area is 106 Å². The van der Waals surface area contributed by atoms with Gasteiger partial charge in [-0.2, -0.15) is 5.26 Å². The molecule has 5 nitrogen and oxygen atoms in total. The predicted octanol–water partition coefficient (Wildman–Crippen LogP) is 2.58. The van der Waals surface area contributed by atoms with Gasteiger partial charge in [0.1, 0.15) is 0 Å². The average molecular weight is 248 g/mol. The van der Waals surface area contributed by atoms with Gasteiger partial charge in [0.2, 0.25) is 0 Å². The molecule has 0 bridgehead atoms. The van der Waals surface area contributed by atoms with E-state index in [0.717, 1.165) is 5.56 Å². The Bertz CT molecular complexity index is 464. The summed E-state index contributed by atoms with van der Waals surface area (Å²) in [5.41, 5.74) is 1.27. The van der Waals surface area contributed by atoms with Crippen LogP contribution in [0.15, 0.2) is 23.4 Å². The van der Waals surface area contributed by atoms with Crippen molar-refractivity contribution in [2.24, 2.45) is 5.16 Å². The van der Waals surface area contributed by atoms with Crippen LogP contribution in [0.4, 0.5) is 0 Å². The summed E-state index contributed by atoms with van der Waals surface area (Å²) in [5.74, 6) is 1.19. The van der Waals surface area contributed by atoms with Crippen molar-refractivity contribution >= 4 is 5.71 Å². The van der Waals surface area contributed by atoms with E-state index in [4.69, 9.17) is 19.9 Å². The minimum atomic E-state index is 0.469. The van der Waals surface area contributed by atoms with E-state index in [1.807, 2.05) is 0 Å². The summed E-state index contributed by atoms with van der Waals surface area (Å²) >= 11 is 0. The topological polar surface area (TPSA) is 74.8 Å². The first kappa shape index (κ1) is 13.8. The summed E-state index contributed by atoms with van der Waals surface area (Å²) in [7, 11) is 1.55. The molecule has 0 aromatic heterocycles. The fourth-order valence-electron chi connectivity index (χ4n) is 1.40. The molecule has 18 heavy (non-hydrogen) atoms. The van der Waals surface area contributed by atoms with Crippen molar-refractivity contribution in [1.29, 1.82) is 5.26 Å². The number of benzene rings is 1. The van der Waals surface area contributed by atoms with Gasteiger partial charge >= 0.3 is 0 Å². The second-order valence-corrected chi connectivity index (χ2v) is 3.66. The third-order valence-electron chi connectivity index (χ3n) is 2.42. The molecule has 0 fully saturated rings. The number of ether oxygens (including phenoxy) is 2. The first-order valence-corrected chi connectivity index (χ1v) is 5.59. The van der Waals surface area contributed by atoms with Crippen molar-refractivity contribution in [2.75, 3.05) is 13.7 Å². The van der Waals surface area contributed by atoms with Gasteiger partial charge < -0.3 is 14.7 Å². The molecule has 0 unspecified atom stereocenters. The molecule has 0 saturated carbocycles. The summed E-state index contributed by atoms with van der Waals surface area (Å²) in [5, 5.41) is 20.3. The number of hydrogen-bond acceptors (Lipinski definition) is 5. The van der Waals surface area contributed by atoms with Crippen molar-refractivity contribution < 1.29 is 14.7 Å². The number of oxime groups is 1. The zero-order valence-corrected chi connectivity index (χ0v) is 10.5. The number of hydrogen-bond donors (Lipinski definition) is 1. The third kappa shape index (κ3) is 3.67. The zero-order chi connectivity index (χ0) is 13.4. The SMILES string of the molecule is COc1cc(/C(C)=N/O)ccc1OCCCC#N. The minimum Gasteiger partial charge on any atom is -0.493 e. The number of methoxy groups -OCH3 is 1. The van der Waals surface area contributed by atoms with Crippen LogP contribution < -0.4 is 9.47 Å². The molecule has 1 rings (SSSR count). The Balaban J connectivity index is 2.78. The highest BCUT2D eigenvalue weighted by Crippen LogP contribution is 2.28. The van der Waals surface area contributed by atoms with Gasteiger partial charge in [-0.05, 0) is 31.5 Å². The maximum absolute atomic E-state index is 8.71. The number of nitriles is 1. The van der Waals surface area contributed by atoms with Crippen molar-refractivity contribution in [1.82, 2.24) is 0 Å². The van der Waals surface area contributed by atoms with Gasteiger partial charge in [-0.1, -0.05) is 5.16 Å². The summed E-state index contributed by atoms with van der Waals surface area (Å²) in [6.07, 6.45) is 1.15. The van der Waals surface area contributed by atoms with E-state index in [2.05, 4.69) is 11.2 Å². The summed E-state index contributed by atoms with van der Waals surface area (Å²) in [6, 6.07) is 7.35. The second-order valence-electron chi connectivity index (χ2n) is 3.66. The first-order chi connectivity index (χ1) is 8.72. The van der Waals surface area contributed by atoms with Crippen LogP contribution >= 0.6 is 0 Å². The van der Waals surface area contributed by atoms with Gasteiger partial charge in [0.15, 0.2) is 11.5 Å². The first-order valence-electron chi connectivity index (χ1n) is 5.59. The maximum atomic E-state index is 8.71. The Hall–Kier alpha value is -2.22. The molecular formula is C13H16N2O3. The Morgan fingerprint density at radius 1 is 1.44 bits per heavy atom. The maximum Gasteiger partial charge on any atom is 0.161 e. The van der Waals surface area contributed by atoms with Crippen molar-refractivity contribution in [2.45, 2.75) is 19.8 Å². The monoisotopic (exact) mass is 248 g/mol. The van der Waals surface area contributed by atoms with Crippen LogP contribution in [0.2, 0.25) is 0 Å². The van der Waals surface area contributed by atoms with E-state index in [9.17, 15) is 0 Å². The number of rotatable bonds is 6. The lowest BCUT2D eigenvalue weighted by Gasteiger charge is -2.11. The molecular weight excluding hydrogens is 232 g/mol. The van der Waals surface area contributed by atoms with Gasteiger partial charge in [-0.25, -0.2) is 0 Å². The van der Waals surface area contributed by atoms with Crippen LogP contribution in [0.25, 0.3) is 0 Å². The predicted molar refractivity (Wildman–Crippen MR) is 67.3 cm³/mol. The standard InChI is InChI=1S/C13H16N2O3/c1-10(15-16)11-5-6-12(13(9-11)17-2)18-8-4-3-7-14/h5-6,9,16H,3-4,8H2,1-2H3/b15-10+. The number of nitrogens with zero attached hydrogens (tertiary/aromatic N) is 2.